The Bertz CT molecular complexity index is 543. The van der Waals surface area contributed by atoms with Gasteiger partial charge in [-0.2, -0.15) is 24.3 Å². The van der Waals surface area contributed by atoms with Crippen molar-refractivity contribution in [2.45, 2.75) is 66.0 Å². The van der Waals surface area contributed by atoms with Crippen LogP contribution in [0.25, 0.3) is 0 Å². The molecule has 0 heterocycles. The predicted molar refractivity (Wildman–Crippen MR) is 118 cm³/mol. The Labute approximate surface area is 213 Å². The molecule has 0 atom stereocenters. The van der Waals surface area contributed by atoms with Crippen LogP contribution in [0.1, 0.15) is 26.7 Å². The maximum Gasteiger partial charge on any atom is 0.188 e. The molecule has 0 aromatic rings. The maximum atomic E-state index is 5.51. The zero-order valence-corrected chi connectivity index (χ0v) is 25.5. The fraction of sp³-hybridized carbons (Fsp3) is 0.571. The molecule has 2 aliphatic rings. The molecule has 0 bridgehead atoms. The molecule has 0 radical (unpaired) electrons. The van der Waals surface area contributed by atoms with Gasteiger partial charge in [0.25, 0.3) is 0 Å². The minimum absolute atomic E-state index is 0. The first-order valence-corrected chi connectivity index (χ1v) is 17.5. The van der Waals surface area contributed by atoms with E-state index in [2.05, 4.69) is 65.3 Å². The normalized spacial score (nSPS) is 14.1. The first-order valence-electron chi connectivity index (χ1n) is 9.49. The second kappa shape index (κ2) is 18.8. The Morgan fingerprint density at radius 1 is 0.800 bits per heavy atom. The molecule has 0 aliphatic heterocycles. The summed E-state index contributed by atoms with van der Waals surface area (Å²) in [6.07, 6.45) is 15.7. The second-order valence-corrected chi connectivity index (χ2v) is 19.8. The van der Waals surface area contributed by atoms with Gasteiger partial charge in [-0.05, 0) is 50.8 Å². The molecule has 2 rings (SSSR count). The third-order valence-corrected chi connectivity index (χ3v) is 4.71. The summed E-state index contributed by atoms with van der Waals surface area (Å²) in [5, 5.41) is 0. The van der Waals surface area contributed by atoms with Gasteiger partial charge >= 0.3 is 41.3 Å². The molecule has 0 aromatic heterocycles. The largest absolute Gasteiger partial charge is 1.00 e. The Balaban J connectivity index is -0.000000391. The zero-order valence-electron chi connectivity index (χ0n) is 19.5. The summed E-state index contributed by atoms with van der Waals surface area (Å²) >= 11 is 1.55. The van der Waals surface area contributed by atoms with E-state index in [1.165, 1.54) is 3.21 Å². The maximum absolute atomic E-state index is 5.51. The molecule has 4 nitrogen and oxygen atoms in total. The smallest absolute Gasteiger partial charge is 0.188 e. The number of halogens is 2. The molecule has 0 N–H and O–H groups in total. The molecule has 172 valence electrons. The van der Waals surface area contributed by atoms with Crippen molar-refractivity contribution >= 4 is 19.8 Å². The van der Waals surface area contributed by atoms with Crippen LogP contribution in [-0.2, 0) is 42.6 Å². The number of hydrogen-bond donors (Lipinski definition) is 0. The van der Waals surface area contributed by atoms with E-state index in [1.54, 1.807) is 24.2 Å². The minimum atomic E-state index is -1.42. The van der Waals surface area contributed by atoms with Gasteiger partial charge in [-0.1, -0.05) is 0 Å². The van der Waals surface area contributed by atoms with Crippen LogP contribution in [0.4, 0.5) is 0 Å². The van der Waals surface area contributed by atoms with Crippen LogP contribution < -0.4 is 24.8 Å². The van der Waals surface area contributed by atoms with Crippen LogP contribution in [0.3, 0.4) is 0 Å². The van der Waals surface area contributed by atoms with Crippen LogP contribution in [0.15, 0.2) is 35.8 Å². The van der Waals surface area contributed by atoms with Gasteiger partial charge in [0.1, 0.15) is 0 Å². The second-order valence-electron chi connectivity index (χ2n) is 8.33. The van der Waals surface area contributed by atoms with E-state index in [0.717, 1.165) is 24.4 Å². The average molecular weight is 571 g/mol. The van der Waals surface area contributed by atoms with Crippen molar-refractivity contribution in [2.75, 3.05) is 13.6 Å². The summed E-state index contributed by atoms with van der Waals surface area (Å²) in [6.45, 7) is 17.8. The SMILES string of the molecule is C[C](C)=[Zr+2].C[Si](C)(C)OCOC1=[C-]CC=C1.C[Si](C)(C)OCOC1=[C-]CC=C1.[Cl-].[Cl-]. The number of allylic oxidation sites excluding steroid dienone is 6. The zero-order chi connectivity index (χ0) is 21.6. The van der Waals surface area contributed by atoms with Gasteiger partial charge in [-0.15, -0.1) is 12.8 Å². The molecule has 30 heavy (non-hydrogen) atoms. The number of ether oxygens (including phenoxy) is 2. The molecule has 0 aromatic carbocycles. The first-order chi connectivity index (χ1) is 12.9. The van der Waals surface area contributed by atoms with Crippen molar-refractivity contribution < 1.29 is 67.4 Å². The summed E-state index contributed by atoms with van der Waals surface area (Å²) in [6, 6.07) is 0. The van der Waals surface area contributed by atoms with E-state index in [9.17, 15) is 0 Å². The molecule has 0 amide bonds. The quantitative estimate of drug-likeness (QED) is 0.228. The Hall–Kier alpha value is 0.247. The van der Waals surface area contributed by atoms with E-state index >= 15 is 0 Å². The monoisotopic (exact) mass is 568 g/mol. The standard InChI is InChI=1S/2C9H15O2Si.C3H6.2ClH.Zr/c2*1-12(2,3)11-8-10-9-6-4-5-7-9;1-3-2;;;/h2*4,6H,5,8H2,1-3H3;1-2H3;2*1H;/q2*-1;;;;+2/p-2. The van der Waals surface area contributed by atoms with Crippen LogP contribution in [0.5, 0.6) is 0 Å². The summed E-state index contributed by atoms with van der Waals surface area (Å²) in [5.74, 6) is 1.63. The van der Waals surface area contributed by atoms with Gasteiger partial charge in [0.05, 0.1) is 0 Å². The van der Waals surface area contributed by atoms with Gasteiger partial charge in [-0.3, -0.25) is 0 Å². The average Bonchev–Trinajstić information content (AvgIpc) is 3.18. The number of rotatable bonds is 8. The van der Waals surface area contributed by atoms with Crippen molar-refractivity contribution in [3.8, 4) is 0 Å². The summed E-state index contributed by atoms with van der Waals surface area (Å²) < 4.78 is 23.2. The molecule has 0 fully saturated rings. The van der Waals surface area contributed by atoms with Gasteiger partial charge < -0.3 is 43.1 Å². The van der Waals surface area contributed by atoms with Gasteiger partial charge in [-0.25, -0.2) is 12.2 Å². The van der Waals surface area contributed by atoms with E-state index < -0.39 is 16.6 Å². The summed E-state index contributed by atoms with van der Waals surface area (Å²) in [5.41, 5.74) is 0. The van der Waals surface area contributed by atoms with Crippen molar-refractivity contribution in [3.05, 3.63) is 48.0 Å². The van der Waals surface area contributed by atoms with E-state index in [1.807, 2.05) is 24.3 Å². The summed E-state index contributed by atoms with van der Waals surface area (Å²) in [4.78, 5) is 0. The molecule has 9 heteroatoms. The molecule has 0 saturated heterocycles. The predicted octanol–water partition coefficient (Wildman–Crippen LogP) is -0.329. The molecule has 0 spiro atoms. The molecule has 2 aliphatic carbocycles. The van der Waals surface area contributed by atoms with Gasteiger partial charge in [0.15, 0.2) is 30.2 Å². The van der Waals surface area contributed by atoms with Crippen LogP contribution >= 0.6 is 0 Å². The topological polar surface area (TPSA) is 36.9 Å². The van der Waals surface area contributed by atoms with E-state index in [4.69, 9.17) is 18.3 Å². The number of hydrogen-bond acceptors (Lipinski definition) is 4. The van der Waals surface area contributed by atoms with Crippen molar-refractivity contribution in [2.24, 2.45) is 0 Å². The third kappa shape index (κ3) is 26.3. The molecule has 0 saturated carbocycles. The fourth-order valence-corrected chi connectivity index (χ4v) is 2.33. The van der Waals surface area contributed by atoms with Crippen molar-refractivity contribution in [3.63, 3.8) is 0 Å². The fourth-order valence-electron chi connectivity index (χ4n) is 1.51. The van der Waals surface area contributed by atoms with E-state index in [-0.39, 0.29) is 24.8 Å². The first kappa shape index (κ1) is 34.9. The molecule has 0 unspecified atom stereocenters. The molecular formula is C21H36Cl2O4Si2Zr-2. The van der Waals surface area contributed by atoms with E-state index in [0.29, 0.717) is 13.6 Å². The van der Waals surface area contributed by atoms with Crippen molar-refractivity contribution in [1.82, 2.24) is 0 Å². The Morgan fingerprint density at radius 2 is 1.10 bits per heavy atom. The Kier molecular flexibility index (Phi) is 21.8. The Morgan fingerprint density at radius 3 is 1.30 bits per heavy atom. The van der Waals surface area contributed by atoms with Gasteiger partial charge in [0, 0.05) is 0 Å². The third-order valence-electron chi connectivity index (χ3n) is 2.74. The minimum Gasteiger partial charge on any atom is -1.00 e. The van der Waals surface area contributed by atoms with Crippen LogP contribution in [0.2, 0.25) is 39.3 Å². The van der Waals surface area contributed by atoms with Gasteiger partial charge in [0.2, 0.25) is 0 Å². The van der Waals surface area contributed by atoms with Crippen LogP contribution in [0, 0.1) is 12.2 Å². The summed E-state index contributed by atoms with van der Waals surface area (Å²) in [7, 11) is -2.84. The molecular weight excluding hydrogens is 535 g/mol. The van der Waals surface area contributed by atoms with Crippen molar-refractivity contribution in [1.29, 1.82) is 0 Å². The van der Waals surface area contributed by atoms with Crippen LogP contribution in [-0.4, -0.2) is 33.4 Å².